The predicted molar refractivity (Wildman–Crippen MR) is 64.8 cm³/mol. The molecule has 17 heavy (non-hydrogen) atoms. The number of rotatable bonds is 6. The van der Waals surface area contributed by atoms with Crippen LogP contribution in [-0.4, -0.2) is 18.6 Å². The summed E-state index contributed by atoms with van der Waals surface area (Å²) in [6, 6.07) is 4.88. The molecule has 0 heterocycles. The van der Waals surface area contributed by atoms with Crippen LogP contribution in [0.1, 0.15) is 12.0 Å². The van der Waals surface area contributed by atoms with Gasteiger partial charge >= 0.3 is 5.69 Å². The summed E-state index contributed by atoms with van der Waals surface area (Å²) in [4.78, 5) is 10.3. The van der Waals surface area contributed by atoms with E-state index in [4.69, 9.17) is 11.2 Å². The van der Waals surface area contributed by atoms with Crippen molar-refractivity contribution < 1.29 is 9.66 Å². The number of terminal acetylenes is 1. The van der Waals surface area contributed by atoms with E-state index in [2.05, 4.69) is 11.2 Å². The molecule has 0 saturated carbocycles. The van der Waals surface area contributed by atoms with Crippen LogP contribution < -0.4 is 10.1 Å². The highest BCUT2D eigenvalue weighted by Gasteiger charge is 2.14. The molecule has 1 rings (SSSR count). The molecule has 5 nitrogen and oxygen atoms in total. The predicted octanol–water partition coefficient (Wildman–Crippen LogP) is 1.72. The van der Waals surface area contributed by atoms with Crippen LogP contribution in [0.5, 0.6) is 5.75 Å². The summed E-state index contributed by atoms with van der Waals surface area (Å²) in [5.74, 6) is 2.78. The van der Waals surface area contributed by atoms with Crippen molar-refractivity contribution in [3.63, 3.8) is 0 Å². The van der Waals surface area contributed by atoms with Crippen molar-refractivity contribution in [3.05, 3.63) is 33.9 Å². The molecule has 0 spiro atoms. The molecule has 1 aromatic carbocycles. The summed E-state index contributed by atoms with van der Waals surface area (Å²) >= 11 is 0. The van der Waals surface area contributed by atoms with Gasteiger partial charge in [0.2, 0.25) is 0 Å². The maximum absolute atomic E-state index is 10.8. The number of ether oxygens (including phenoxy) is 1. The minimum absolute atomic E-state index is 0.0243. The summed E-state index contributed by atoms with van der Waals surface area (Å²) in [6.07, 6.45) is 5.75. The van der Waals surface area contributed by atoms with Crippen LogP contribution in [0.3, 0.4) is 0 Å². The van der Waals surface area contributed by atoms with Crippen LogP contribution in [0.25, 0.3) is 0 Å². The molecule has 5 heteroatoms. The zero-order valence-electron chi connectivity index (χ0n) is 9.60. The first-order chi connectivity index (χ1) is 8.19. The highest BCUT2D eigenvalue weighted by Crippen LogP contribution is 2.27. The summed E-state index contributed by atoms with van der Waals surface area (Å²) in [5, 5.41) is 13.9. The van der Waals surface area contributed by atoms with Gasteiger partial charge in [0.1, 0.15) is 0 Å². The Kier molecular flexibility index (Phi) is 4.98. The van der Waals surface area contributed by atoms with E-state index in [0.717, 1.165) is 5.56 Å². The van der Waals surface area contributed by atoms with Crippen molar-refractivity contribution in [1.29, 1.82) is 0 Å². The van der Waals surface area contributed by atoms with Gasteiger partial charge in [0.05, 0.1) is 12.0 Å². The lowest BCUT2D eigenvalue weighted by molar-refractivity contribution is -0.385. The molecule has 0 aliphatic heterocycles. The van der Waals surface area contributed by atoms with Gasteiger partial charge in [-0.15, -0.1) is 12.3 Å². The highest BCUT2D eigenvalue weighted by atomic mass is 16.6. The Morgan fingerprint density at radius 3 is 2.94 bits per heavy atom. The van der Waals surface area contributed by atoms with Gasteiger partial charge in [-0.05, 0) is 11.6 Å². The van der Waals surface area contributed by atoms with Crippen LogP contribution in [0.15, 0.2) is 18.2 Å². The van der Waals surface area contributed by atoms with Gasteiger partial charge in [-0.3, -0.25) is 10.1 Å². The first-order valence-corrected chi connectivity index (χ1v) is 5.14. The normalized spacial score (nSPS) is 9.65. The third-order valence-electron chi connectivity index (χ3n) is 2.22. The average Bonchev–Trinajstić information content (AvgIpc) is 2.34. The van der Waals surface area contributed by atoms with Gasteiger partial charge in [-0.1, -0.05) is 6.07 Å². The topological polar surface area (TPSA) is 64.4 Å². The van der Waals surface area contributed by atoms with Crippen molar-refractivity contribution in [1.82, 2.24) is 5.32 Å². The molecule has 0 radical (unpaired) electrons. The van der Waals surface area contributed by atoms with Gasteiger partial charge in [-0.2, -0.15) is 0 Å². The molecule has 0 aliphatic rings. The largest absolute Gasteiger partial charge is 0.490 e. The standard InChI is InChI=1S/C12H14N2O3/c1-3-4-7-13-9-10-5-6-12(17-2)11(8-10)14(15)16/h1,5-6,8,13H,4,7,9H2,2H3. The number of nitrogens with one attached hydrogen (secondary N) is 1. The Balaban J connectivity index is 2.72. The first kappa shape index (κ1) is 13.0. The smallest absolute Gasteiger partial charge is 0.311 e. The third-order valence-corrected chi connectivity index (χ3v) is 2.22. The number of hydrogen-bond donors (Lipinski definition) is 1. The maximum Gasteiger partial charge on any atom is 0.311 e. The van der Waals surface area contributed by atoms with Crippen molar-refractivity contribution in [3.8, 4) is 18.1 Å². The Morgan fingerprint density at radius 1 is 1.59 bits per heavy atom. The molecular formula is C12H14N2O3. The monoisotopic (exact) mass is 234 g/mol. The molecule has 0 amide bonds. The number of methoxy groups -OCH3 is 1. The van der Waals surface area contributed by atoms with Gasteiger partial charge in [0.15, 0.2) is 5.75 Å². The second-order valence-corrected chi connectivity index (χ2v) is 3.39. The second-order valence-electron chi connectivity index (χ2n) is 3.39. The fourth-order valence-electron chi connectivity index (χ4n) is 1.38. The SMILES string of the molecule is C#CCCNCc1ccc(OC)c([N+](=O)[O-])c1. The van der Waals surface area contributed by atoms with Crippen LogP contribution in [-0.2, 0) is 6.54 Å². The lowest BCUT2D eigenvalue weighted by Crippen LogP contribution is -2.14. The van der Waals surface area contributed by atoms with Gasteiger partial charge in [0, 0.05) is 25.6 Å². The Labute approximate surface area is 99.9 Å². The van der Waals surface area contributed by atoms with Gasteiger partial charge < -0.3 is 10.1 Å². The molecular weight excluding hydrogens is 220 g/mol. The third kappa shape index (κ3) is 3.78. The molecule has 0 aliphatic carbocycles. The second kappa shape index (κ2) is 6.51. The van der Waals surface area contributed by atoms with Crippen LogP contribution in [0, 0.1) is 22.5 Å². The molecule has 0 fully saturated rings. The van der Waals surface area contributed by atoms with Crippen LogP contribution in [0.4, 0.5) is 5.69 Å². The number of nitro groups is 1. The summed E-state index contributed by atoms with van der Waals surface area (Å²) < 4.78 is 4.92. The Morgan fingerprint density at radius 2 is 2.35 bits per heavy atom. The molecule has 0 unspecified atom stereocenters. The minimum atomic E-state index is -0.455. The lowest BCUT2D eigenvalue weighted by Gasteiger charge is -2.05. The summed E-state index contributed by atoms with van der Waals surface area (Å²) in [7, 11) is 1.41. The van der Waals surface area contributed by atoms with E-state index >= 15 is 0 Å². The Bertz CT molecular complexity index is 438. The van der Waals surface area contributed by atoms with E-state index in [0.29, 0.717) is 19.5 Å². The first-order valence-electron chi connectivity index (χ1n) is 5.14. The lowest BCUT2D eigenvalue weighted by atomic mass is 10.2. The van der Waals surface area contributed by atoms with E-state index < -0.39 is 4.92 Å². The maximum atomic E-state index is 10.8. The quantitative estimate of drug-likeness (QED) is 0.352. The molecule has 1 aromatic rings. The molecule has 0 atom stereocenters. The van der Waals surface area contributed by atoms with Crippen molar-refractivity contribution >= 4 is 5.69 Å². The minimum Gasteiger partial charge on any atom is -0.490 e. The number of nitrogens with zero attached hydrogens (tertiary/aromatic N) is 1. The highest BCUT2D eigenvalue weighted by molar-refractivity contribution is 5.48. The molecule has 0 saturated heterocycles. The zero-order chi connectivity index (χ0) is 12.7. The van der Waals surface area contributed by atoms with Crippen LogP contribution in [0.2, 0.25) is 0 Å². The fraction of sp³-hybridized carbons (Fsp3) is 0.333. The molecule has 0 bridgehead atoms. The van der Waals surface area contributed by atoms with Gasteiger partial charge in [-0.25, -0.2) is 0 Å². The average molecular weight is 234 g/mol. The van der Waals surface area contributed by atoms with E-state index in [9.17, 15) is 10.1 Å². The number of nitro benzene ring substituents is 1. The fourth-order valence-corrected chi connectivity index (χ4v) is 1.38. The van der Waals surface area contributed by atoms with E-state index in [-0.39, 0.29) is 11.4 Å². The van der Waals surface area contributed by atoms with Gasteiger partial charge in [0.25, 0.3) is 0 Å². The van der Waals surface area contributed by atoms with E-state index in [1.165, 1.54) is 13.2 Å². The molecule has 0 aromatic heterocycles. The van der Waals surface area contributed by atoms with E-state index in [1.807, 2.05) is 0 Å². The zero-order valence-corrected chi connectivity index (χ0v) is 9.60. The molecule has 90 valence electrons. The van der Waals surface area contributed by atoms with Crippen molar-refractivity contribution in [2.24, 2.45) is 0 Å². The summed E-state index contributed by atoms with van der Waals surface area (Å²) in [6.45, 7) is 1.24. The Hall–Kier alpha value is -2.06. The van der Waals surface area contributed by atoms with Crippen molar-refractivity contribution in [2.45, 2.75) is 13.0 Å². The number of hydrogen-bond acceptors (Lipinski definition) is 4. The van der Waals surface area contributed by atoms with Crippen LogP contribution >= 0.6 is 0 Å². The summed E-state index contributed by atoms with van der Waals surface area (Å²) in [5.41, 5.74) is 0.804. The number of benzene rings is 1. The van der Waals surface area contributed by atoms with E-state index in [1.54, 1.807) is 12.1 Å². The van der Waals surface area contributed by atoms with Crippen molar-refractivity contribution in [2.75, 3.05) is 13.7 Å². The molecule has 1 N–H and O–H groups in total.